The molecule has 0 heterocycles. The predicted octanol–water partition coefficient (Wildman–Crippen LogP) is 0.478. The molecule has 1 N–H and O–H groups in total. The van der Waals surface area contributed by atoms with Crippen molar-refractivity contribution in [1.29, 1.82) is 0 Å². The zero-order chi connectivity index (χ0) is 9.90. The van der Waals surface area contributed by atoms with Gasteiger partial charge in [0, 0.05) is 12.4 Å². The van der Waals surface area contributed by atoms with E-state index in [1.807, 2.05) is 0 Å². The molecule has 0 aromatic heterocycles. The van der Waals surface area contributed by atoms with Crippen molar-refractivity contribution >= 4 is 26.0 Å². The van der Waals surface area contributed by atoms with Gasteiger partial charge in [0.25, 0.3) is 0 Å². The second kappa shape index (κ2) is 4.72. The van der Waals surface area contributed by atoms with Crippen molar-refractivity contribution < 1.29 is 13.2 Å². The Balaban J connectivity index is 2.44. The Morgan fingerprint density at radius 1 is 1.62 bits per heavy atom. The summed E-state index contributed by atoms with van der Waals surface area (Å²) in [5.41, 5.74) is 0. The molecule has 1 fully saturated rings. The number of methoxy groups -OCH3 is 1. The lowest BCUT2D eigenvalue weighted by Crippen LogP contribution is -2.40. The van der Waals surface area contributed by atoms with Gasteiger partial charge in [-0.2, -0.15) is 0 Å². The number of hydrogen-bond donors (Lipinski definition) is 1. The van der Waals surface area contributed by atoms with Crippen LogP contribution in [-0.2, 0) is 14.8 Å². The fraction of sp³-hybridized carbons (Fsp3) is 1.00. The quantitative estimate of drug-likeness (QED) is 0.715. The van der Waals surface area contributed by atoms with Crippen molar-refractivity contribution in [2.24, 2.45) is 0 Å². The molecular weight excluding hydrogens is 258 g/mol. The zero-order valence-corrected chi connectivity index (χ0v) is 9.90. The molecule has 4 nitrogen and oxygen atoms in total. The van der Waals surface area contributed by atoms with E-state index in [1.54, 1.807) is 7.11 Å². The average Bonchev–Trinajstić information content (AvgIpc) is 2.85. The smallest absolute Gasteiger partial charge is 0.214 e. The first-order valence-electron chi connectivity index (χ1n) is 4.16. The second-order valence-corrected chi connectivity index (χ2v) is 5.81. The minimum atomic E-state index is -3.08. The van der Waals surface area contributed by atoms with E-state index in [2.05, 4.69) is 20.7 Å². The third kappa shape index (κ3) is 3.53. The summed E-state index contributed by atoms with van der Waals surface area (Å²) in [6.07, 6.45) is 1.58. The molecule has 1 aliphatic rings. The van der Waals surface area contributed by atoms with Crippen LogP contribution >= 0.6 is 15.9 Å². The van der Waals surface area contributed by atoms with Gasteiger partial charge in [-0.3, -0.25) is 0 Å². The van der Waals surface area contributed by atoms with Crippen LogP contribution in [0.5, 0.6) is 0 Å². The van der Waals surface area contributed by atoms with E-state index in [-0.39, 0.29) is 11.3 Å². The second-order valence-electron chi connectivity index (χ2n) is 3.17. The SMILES string of the molecule is COCC(CBr)NS(=O)(=O)C1CC1. The van der Waals surface area contributed by atoms with Gasteiger partial charge < -0.3 is 4.74 Å². The topological polar surface area (TPSA) is 55.4 Å². The summed E-state index contributed by atoms with van der Waals surface area (Å²) in [6, 6.07) is -0.157. The molecule has 1 aliphatic carbocycles. The molecule has 1 atom stereocenters. The molecule has 0 aromatic carbocycles. The standard InChI is InChI=1S/C7H14BrNO3S/c1-12-5-6(4-8)9-13(10,11)7-2-3-7/h6-7,9H,2-5H2,1H3. The first-order chi connectivity index (χ1) is 6.10. The van der Waals surface area contributed by atoms with E-state index in [4.69, 9.17) is 4.74 Å². The lowest BCUT2D eigenvalue weighted by atomic mass is 10.4. The van der Waals surface area contributed by atoms with Gasteiger partial charge in [-0.25, -0.2) is 13.1 Å². The van der Waals surface area contributed by atoms with Crippen LogP contribution in [0.4, 0.5) is 0 Å². The van der Waals surface area contributed by atoms with Gasteiger partial charge in [0.2, 0.25) is 10.0 Å². The molecule has 0 spiro atoms. The molecule has 0 aliphatic heterocycles. The maximum absolute atomic E-state index is 11.4. The van der Waals surface area contributed by atoms with Crippen LogP contribution in [0.15, 0.2) is 0 Å². The molecule has 0 aromatic rings. The summed E-state index contributed by atoms with van der Waals surface area (Å²) in [7, 11) is -1.52. The average molecular weight is 272 g/mol. The van der Waals surface area contributed by atoms with Crippen LogP contribution in [0.1, 0.15) is 12.8 Å². The molecule has 0 radical (unpaired) electrons. The Morgan fingerprint density at radius 3 is 2.62 bits per heavy atom. The number of alkyl halides is 1. The first kappa shape index (κ1) is 11.4. The van der Waals surface area contributed by atoms with Crippen LogP contribution in [0, 0.1) is 0 Å². The van der Waals surface area contributed by atoms with Crippen molar-refractivity contribution in [1.82, 2.24) is 4.72 Å². The summed E-state index contributed by atoms with van der Waals surface area (Å²) >= 11 is 3.23. The number of nitrogens with one attached hydrogen (secondary N) is 1. The molecule has 1 rings (SSSR count). The van der Waals surface area contributed by atoms with Gasteiger partial charge in [0.1, 0.15) is 0 Å². The number of ether oxygens (including phenoxy) is 1. The van der Waals surface area contributed by atoms with Crippen molar-refractivity contribution in [2.75, 3.05) is 19.0 Å². The summed E-state index contributed by atoms with van der Waals surface area (Å²) in [6.45, 7) is 0.400. The molecule has 78 valence electrons. The minimum absolute atomic E-state index is 0.157. The van der Waals surface area contributed by atoms with Crippen LogP contribution < -0.4 is 4.72 Å². The van der Waals surface area contributed by atoms with Gasteiger partial charge in [0.15, 0.2) is 0 Å². The number of sulfonamides is 1. The highest BCUT2D eigenvalue weighted by Gasteiger charge is 2.36. The highest BCUT2D eigenvalue weighted by molar-refractivity contribution is 9.09. The van der Waals surface area contributed by atoms with Crippen molar-refractivity contribution in [3.05, 3.63) is 0 Å². The lowest BCUT2D eigenvalue weighted by Gasteiger charge is -2.14. The molecular formula is C7H14BrNO3S. The number of halogens is 1. The fourth-order valence-corrected chi connectivity index (χ4v) is 3.15. The third-order valence-corrected chi connectivity index (χ3v) is 4.64. The van der Waals surface area contributed by atoms with E-state index in [0.717, 1.165) is 12.8 Å². The normalized spacial score (nSPS) is 20.2. The number of hydrogen-bond acceptors (Lipinski definition) is 3. The molecule has 0 amide bonds. The first-order valence-corrected chi connectivity index (χ1v) is 6.83. The van der Waals surface area contributed by atoms with Gasteiger partial charge in [0.05, 0.1) is 17.9 Å². The summed E-state index contributed by atoms with van der Waals surface area (Å²) in [5.74, 6) is 0. The minimum Gasteiger partial charge on any atom is -0.383 e. The van der Waals surface area contributed by atoms with Crippen molar-refractivity contribution in [3.63, 3.8) is 0 Å². The maximum Gasteiger partial charge on any atom is 0.214 e. The zero-order valence-electron chi connectivity index (χ0n) is 7.49. The molecule has 1 saturated carbocycles. The van der Waals surface area contributed by atoms with E-state index >= 15 is 0 Å². The summed E-state index contributed by atoms with van der Waals surface area (Å²) in [5, 5.41) is 0.415. The van der Waals surface area contributed by atoms with Crippen LogP contribution in [-0.4, -0.2) is 38.8 Å². The van der Waals surface area contributed by atoms with Crippen molar-refractivity contribution in [2.45, 2.75) is 24.1 Å². The van der Waals surface area contributed by atoms with Crippen molar-refractivity contribution in [3.8, 4) is 0 Å². The van der Waals surface area contributed by atoms with Crippen LogP contribution in [0.3, 0.4) is 0 Å². The fourth-order valence-electron chi connectivity index (χ4n) is 1.02. The largest absolute Gasteiger partial charge is 0.383 e. The Labute approximate surface area is 87.2 Å². The molecule has 0 bridgehead atoms. The van der Waals surface area contributed by atoms with Gasteiger partial charge >= 0.3 is 0 Å². The van der Waals surface area contributed by atoms with Gasteiger partial charge in [-0.1, -0.05) is 15.9 Å². The van der Waals surface area contributed by atoms with Crippen LogP contribution in [0.2, 0.25) is 0 Å². The molecule has 1 unspecified atom stereocenters. The van der Waals surface area contributed by atoms with E-state index in [1.165, 1.54) is 0 Å². The molecule has 0 saturated heterocycles. The Kier molecular flexibility index (Phi) is 4.15. The monoisotopic (exact) mass is 271 g/mol. The Bertz CT molecular complexity index is 250. The lowest BCUT2D eigenvalue weighted by molar-refractivity contribution is 0.182. The highest BCUT2D eigenvalue weighted by atomic mass is 79.9. The summed E-state index contributed by atoms with van der Waals surface area (Å²) < 4.78 is 30.4. The summed E-state index contributed by atoms with van der Waals surface area (Å²) in [4.78, 5) is 0. The Hall–Kier alpha value is 0.350. The van der Waals surface area contributed by atoms with Crippen LogP contribution in [0.25, 0.3) is 0 Å². The predicted molar refractivity (Wildman–Crippen MR) is 54.5 cm³/mol. The third-order valence-electron chi connectivity index (χ3n) is 1.85. The molecule has 13 heavy (non-hydrogen) atoms. The Morgan fingerprint density at radius 2 is 2.23 bits per heavy atom. The van der Waals surface area contributed by atoms with E-state index < -0.39 is 10.0 Å². The van der Waals surface area contributed by atoms with E-state index in [0.29, 0.717) is 11.9 Å². The van der Waals surface area contributed by atoms with Gasteiger partial charge in [-0.15, -0.1) is 0 Å². The van der Waals surface area contributed by atoms with Gasteiger partial charge in [-0.05, 0) is 12.8 Å². The van der Waals surface area contributed by atoms with E-state index in [9.17, 15) is 8.42 Å². The maximum atomic E-state index is 11.4. The molecule has 6 heteroatoms. The number of rotatable bonds is 6. The highest BCUT2D eigenvalue weighted by Crippen LogP contribution is 2.27.